The molecule has 0 spiro atoms. The second kappa shape index (κ2) is 13.4. The van der Waals surface area contributed by atoms with Gasteiger partial charge < -0.3 is 0 Å². The second-order valence-electron chi connectivity index (χ2n) is 13.6. The van der Waals surface area contributed by atoms with Gasteiger partial charge in [-0.2, -0.15) is 0 Å². The lowest BCUT2D eigenvalue weighted by Gasteiger charge is -2.13. The first-order valence-electron chi connectivity index (χ1n) is 18.3. The van der Waals surface area contributed by atoms with Gasteiger partial charge in [0.2, 0.25) is 0 Å². The molecule has 0 fully saturated rings. The van der Waals surface area contributed by atoms with Crippen molar-refractivity contribution in [2.24, 2.45) is 0 Å². The summed E-state index contributed by atoms with van der Waals surface area (Å²) in [6, 6.07) is 70.3. The van der Waals surface area contributed by atoms with Crippen molar-refractivity contribution in [3.8, 4) is 67.3 Å². The average Bonchev–Trinajstić information content (AvgIpc) is 3.26. The Balaban J connectivity index is 1.02. The lowest BCUT2D eigenvalue weighted by Crippen LogP contribution is -1.93. The first kappa shape index (κ1) is 31.5. The molecule has 7 aromatic carbocycles. The largest absolute Gasteiger partial charge is 0.248 e. The molecule has 0 aliphatic heterocycles. The Hall–Kier alpha value is -7.23. The SMILES string of the molecule is c1ccc(-c2cc(-c3ccc(-c4cc5ccccc5c(-c5ccc(-c6cc(-c7ccccc7)c7ccccc7n6)cc5)n4)cc3)nc3ccccc23)cc1. The number of pyridine rings is 3. The Bertz CT molecular complexity index is 2950. The number of nitrogens with zero attached hydrogens (tertiary/aromatic N) is 3. The number of benzene rings is 7. The molecule has 0 atom stereocenters. The molecule has 3 heterocycles. The summed E-state index contributed by atoms with van der Waals surface area (Å²) < 4.78 is 0. The highest BCUT2D eigenvalue weighted by Crippen LogP contribution is 2.36. The van der Waals surface area contributed by atoms with Gasteiger partial charge in [0.1, 0.15) is 0 Å². The third-order valence-electron chi connectivity index (χ3n) is 10.3. The maximum absolute atomic E-state index is 5.30. The van der Waals surface area contributed by atoms with Crippen molar-refractivity contribution in [2.45, 2.75) is 0 Å². The lowest BCUT2D eigenvalue weighted by molar-refractivity contribution is 1.34. The minimum absolute atomic E-state index is 0.930. The molecule has 0 saturated heterocycles. The number of aromatic nitrogens is 3. The summed E-state index contributed by atoms with van der Waals surface area (Å²) >= 11 is 0. The molecule has 54 heavy (non-hydrogen) atoms. The van der Waals surface area contributed by atoms with Gasteiger partial charge in [-0.15, -0.1) is 0 Å². The molecule has 0 radical (unpaired) electrons. The first-order valence-corrected chi connectivity index (χ1v) is 18.3. The van der Waals surface area contributed by atoms with Gasteiger partial charge in [-0.1, -0.05) is 170 Å². The normalized spacial score (nSPS) is 11.3. The molecule has 0 unspecified atom stereocenters. The van der Waals surface area contributed by atoms with E-state index in [2.05, 4.69) is 200 Å². The average molecular weight is 688 g/mol. The molecule has 3 heteroatoms. The van der Waals surface area contributed by atoms with E-state index < -0.39 is 0 Å². The molecule has 0 N–H and O–H groups in total. The van der Waals surface area contributed by atoms with Crippen LogP contribution in [0.15, 0.2) is 200 Å². The van der Waals surface area contributed by atoms with Crippen LogP contribution in [0.2, 0.25) is 0 Å². The molecule has 0 amide bonds. The lowest BCUT2D eigenvalue weighted by atomic mass is 9.96. The summed E-state index contributed by atoms with van der Waals surface area (Å²) in [5.41, 5.74) is 14.7. The molecule has 0 saturated carbocycles. The topological polar surface area (TPSA) is 38.7 Å². The summed E-state index contributed by atoms with van der Waals surface area (Å²) in [5, 5.41) is 4.57. The highest BCUT2D eigenvalue weighted by atomic mass is 14.7. The molecule has 10 aromatic rings. The van der Waals surface area contributed by atoms with Crippen LogP contribution in [-0.2, 0) is 0 Å². The predicted molar refractivity (Wildman–Crippen MR) is 225 cm³/mol. The Labute approximate surface area is 313 Å². The maximum Gasteiger partial charge on any atom is 0.0787 e. The summed E-state index contributed by atoms with van der Waals surface area (Å²) in [6.07, 6.45) is 0. The van der Waals surface area contributed by atoms with Crippen molar-refractivity contribution in [3.05, 3.63) is 200 Å². The number of rotatable bonds is 6. The molecule has 3 nitrogen and oxygen atoms in total. The first-order chi connectivity index (χ1) is 26.7. The van der Waals surface area contributed by atoms with Gasteiger partial charge in [0.15, 0.2) is 0 Å². The molecule has 252 valence electrons. The van der Waals surface area contributed by atoms with E-state index in [4.69, 9.17) is 15.0 Å². The van der Waals surface area contributed by atoms with E-state index in [0.29, 0.717) is 0 Å². The second-order valence-corrected chi connectivity index (χ2v) is 13.6. The fourth-order valence-electron chi connectivity index (χ4n) is 7.54. The van der Waals surface area contributed by atoms with E-state index >= 15 is 0 Å². The van der Waals surface area contributed by atoms with Gasteiger partial charge in [-0.25, -0.2) is 15.0 Å². The third-order valence-corrected chi connectivity index (χ3v) is 10.3. The van der Waals surface area contributed by atoms with Gasteiger partial charge in [0, 0.05) is 38.4 Å². The van der Waals surface area contributed by atoms with E-state index in [0.717, 1.165) is 77.6 Å². The van der Waals surface area contributed by atoms with Crippen LogP contribution in [0.5, 0.6) is 0 Å². The van der Waals surface area contributed by atoms with Crippen molar-refractivity contribution in [2.75, 3.05) is 0 Å². The van der Waals surface area contributed by atoms with E-state index in [1.54, 1.807) is 0 Å². The minimum atomic E-state index is 0.930. The molecule has 3 aromatic heterocycles. The third kappa shape index (κ3) is 5.78. The highest BCUT2D eigenvalue weighted by molar-refractivity contribution is 5.99. The zero-order chi connectivity index (χ0) is 35.8. The number of fused-ring (bicyclic) bond motifs is 3. The van der Waals surface area contributed by atoms with E-state index in [9.17, 15) is 0 Å². The minimum Gasteiger partial charge on any atom is -0.248 e. The quantitative estimate of drug-likeness (QED) is 0.175. The van der Waals surface area contributed by atoms with Gasteiger partial charge in [0.05, 0.1) is 33.8 Å². The van der Waals surface area contributed by atoms with Crippen LogP contribution in [0.25, 0.3) is 99.9 Å². The Morgan fingerprint density at radius 2 is 0.648 bits per heavy atom. The van der Waals surface area contributed by atoms with Crippen LogP contribution in [0.1, 0.15) is 0 Å². The van der Waals surface area contributed by atoms with Crippen LogP contribution >= 0.6 is 0 Å². The number of hydrogen-bond acceptors (Lipinski definition) is 3. The monoisotopic (exact) mass is 687 g/mol. The molecule has 0 aliphatic carbocycles. The molecular weight excluding hydrogens is 655 g/mol. The Kier molecular flexibility index (Phi) is 7.81. The van der Waals surface area contributed by atoms with Crippen LogP contribution in [0.3, 0.4) is 0 Å². The fourth-order valence-corrected chi connectivity index (χ4v) is 7.54. The Morgan fingerprint density at radius 1 is 0.259 bits per heavy atom. The van der Waals surface area contributed by atoms with Crippen molar-refractivity contribution in [1.29, 1.82) is 0 Å². The summed E-state index contributed by atoms with van der Waals surface area (Å²) in [7, 11) is 0. The predicted octanol–water partition coefficient (Wildman–Crippen LogP) is 13.3. The smallest absolute Gasteiger partial charge is 0.0787 e. The van der Waals surface area contributed by atoms with Gasteiger partial charge in [-0.05, 0) is 58.0 Å². The molecule has 10 rings (SSSR count). The van der Waals surface area contributed by atoms with Crippen LogP contribution in [0, 0.1) is 0 Å². The van der Waals surface area contributed by atoms with E-state index in [-0.39, 0.29) is 0 Å². The standard InChI is InChI=1S/C51H33N3/c1-3-13-34(14-4-1)44-32-49(52-46-21-11-9-19-42(44)46)37-25-23-36(24-26-37)48-31-40-17-7-8-18-41(40)51(54-48)39-29-27-38(28-30-39)50-33-45(35-15-5-2-6-16-35)43-20-10-12-22-47(43)53-50/h1-33H. The van der Waals surface area contributed by atoms with E-state index in [1.165, 1.54) is 22.3 Å². The molecule has 0 bridgehead atoms. The number of para-hydroxylation sites is 2. The van der Waals surface area contributed by atoms with Crippen LogP contribution in [0.4, 0.5) is 0 Å². The summed E-state index contributed by atoms with van der Waals surface area (Å²) in [6.45, 7) is 0. The highest BCUT2D eigenvalue weighted by Gasteiger charge is 2.14. The zero-order valence-corrected chi connectivity index (χ0v) is 29.4. The maximum atomic E-state index is 5.30. The van der Waals surface area contributed by atoms with Crippen molar-refractivity contribution < 1.29 is 0 Å². The Morgan fingerprint density at radius 3 is 1.15 bits per heavy atom. The van der Waals surface area contributed by atoms with Crippen LogP contribution in [-0.4, -0.2) is 15.0 Å². The number of hydrogen-bond donors (Lipinski definition) is 0. The summed E-state index contributed by atoms with van der Waals surface area (Å²) in [5.74, 6) is 0. The van der Waals surface area contributed by atoms with Crippen molar-refractivity contribution in [3.63, 3.8) is 0 Å². The summed E-state index contributed by atoms with van der Waals surface area (Å²) in [4.78, 5) is 15.5. The molecule has 0 aliphatic rings. The fraction of sp³-hybridized carbons (Fsp3) is 0. The zero-order valence-electron chi connectivity index (χ0n) is 29.4. The van der Waals surface area contributed by atoms with Crippen molar-refractivity contribution >= 4 is 32.6 Å². The van der Waals surface area contributed by atoms with Gasteiger partial charge in [-0.3, -0.25) is 0 Å². The van der Waals surface area contributed by atoms with Gasteiger partial charge in [0.25, 0.3) is 0 Å². The van der Waals surface area contributed by atoms with Crippen molar-refractivity contribution in [1.82, 2.24) is 15.0 Å². The van der Waals surface area contributed by atoms with Gasteiger partial charge >= 0.3 is 0 Å². The van der Waals surface area contributed by atoms with Crippen LogP contribution < -0.4 is 0 Å². The van der Waals surface area contributed by atoms with E-state index in [1.807, 2.05) is 0 Å². The molecular formula is C51H33N3.